The molecule has 1 aromatic heterocycles. The van der Waals surface area contributed by atoms with Crippen molar-refractivity contribution in [1.29, 1.82) is 5.26 Å². The highest BCUT2D eigenvalue weighted by molar-refractivity contribution is 5.97. The van der Waals surface area contributed by atoms with E-state index < -0.39 is 23.4 Å². The number of alkyl halides is 1. The van der Waals surface area contributed by atoms with E-state index in [0.29, 0.717) is 51.4 Å². The molecule has 11 heteroatoms. The Kier molecular flexibility index (Phi) is 8.46. The lowest BCUT2D eigenvalue weighted by molar-refractivity contribution is -0.859. The van der Waals surface area contributed by atoms with Gasteiger partial charge in [0, 0.05) is 42.2 Å². The van der Waals surface area contributed by atoms with Crippen LogP contribution in [0.2, 0.25) is 0 Å². The van der Waals surface area contributed by atoms with Crippen molar-refractivity contribution >= 4 is 28.2 Å². The van der Waals surface area contributed by atoms with Crippen LogP contribution >= 0.6 is 0 Å². The molecule has 0 aliphatic carbocycles. The summed E-state index contributed by atoms with van der Waals surface area (Å²) in [6.45, 7) is 9.94. The van der Waals surface area contributed by atoms with Crippen molar-refractivity contribution in [1.82, 2.24) is 14.9 Å². The fraction of sp³-hybridized carbons (Fsp3) is 0.486. The number of anilines is 2. The lowest BCUT2D eigenvalue weighted by Gasteiger charge is -2.46. The number of rotatable bonds is 7. The summed E-state index contributed by atoms with van der Waals surface area (Å²) in [5.74, 6) is -0.987. The van der Waals surface area contributed by atoms with E-state index in [0.717, 1.165) is 23.5 Å². The Hall–Kier alpha value is -4.14. The minimum absolute atomic E-state index is 0.0763. The summed E-state index contributed by atoms with van der Waals surface area (Å²) in [7, 11) is 3.57. The van der Waals surface area contributed by atoms with Gasteiger partial charge < -0.3 is 14.5 Å². The van der Waals surface area contributed by atoms with E-state index in [-0.39, 0.29) is 29.6 Å². The first kappa shape index (κ1) is 31.8. The van der Waals surface area contributed by atoms with Crippen LogP contribution in [0, 0.1) is 18.3 Å². The molecule has 1 unspecified atom stereocenters. The number of carbonyl (C=O) groups excluding carboxylic acids is 1. The van der Waals surface area contributed by atoms with Gasteiger partial charge in [0.15, 0.2) is 0 Å². The van der Waals surface area contributed by atoms with E-state index in [2.05, 4.69) is 65.8 Å². The van der Waals surface area contributed by atoms with Gasteiger partial charge in [-0.3, -0.25) is 9.38 Å². The highest BCUT2D eigenvalue weighted by atomic mass is 19.1. The Balaban J connectivity index is 1.35. The number of likely N-dealkylation sites (N-methyl/N-ethyl adjacent to an activating group) is 2. The van der Waals surface area contributed by atoms with Crippen molar-refractivity contribution in [3.8, 4) is 12.1 Å². The topological polar surface area (TPSA) is 85.6 Å². The van der Waals surface area contributed by atoms with Crippen LogP contribution in [-0.4, -0.2) is 96.4 Å². The smallest absolute Gasteiger partial charge is 0.373 e. The third kappa shape index (κ3) is 5.92. The first-order chi connectivity index (χ1) is 21.9. The second-order valence-electron chi connectivity index (χ2n) is 13.5. The lowest BCUT2D eigenvalue weighted by atomic mass is 9.99. The second-order valence-corrected chi connectivity index (χ2v) is 13.5. The number of hydrogen-bond donors (Lipinski definition) is 0. The number of aromatic nitrogens is 2. The Labute approximate surface area is 269 Å². The third-order valence-corrected chi connectivity index (χ3v) is 10.1. The van der Waals surface area contributed by atoms with Gasteiger partial charge in [-0.05, 0) is 44.3 Å². The number of piperazine rings is 1. The molecule has 0 saturated carbocycles. The first-order valence-electron chi connectivity index (χ1n) is 15.9. The number of amides is 1. The van der Waals surface area contributed by atoms with Crippen LogP contribution in [0.3, 0.4) is 0 Å². The molecule has 0 spiro atoms. The highest BCUT2D eigenvalue weighted by Crippen LogP contribution is 2.37. The molecular formula is C35H42F2N7O2+. The summed E-state index contributed by atoms with van der Waals surface area (Å²) < 4.78 is 34.9. The Morgan fingerprint density at radius 1 is 1.22 bits per heavy atom. The first-order valence-corrected chi connectivity index (χ1v) is 15.9. The molecule has 46 heavy (non-hydrogen) atoms. The van der Waals surface area contributed by atoms with Crippen LogP contribution in [0.4, 0.5) is 20.3 Å². The normalized spacial score (nSPS) is 26.5. The van der Waals surface area contributed by atoms with Gasteiger partial charge in [0.2, 0.25) is 5.83 Å². The fourth-order valence-corrected chi connectivity index (χ4v) is 7.55. The van der Waals surface area contributed by atoms with Crippen molar-refractivity contribution in [2.45, 2.75) is 57.4 Å². The molecule has 4 heterocycles. The number of fused-ring (bicyclic) bond motifs is 2. The molecule has 0 bridgehead atoms. The fourth-order valence-electron chi connectivity index (χ4n) is 7.55. The number of hydrogen-bond acceptors (Lipinski definition) is 8. The summed E-state index contributed by atoms with van der Waals surface area (Å²) in [6.07, 6.45) is 1.12. The van der Waals surface area contributed by atoms with Gasteiger partial charge in [-0.15, -0.1) is 0 Å². The third-order valence-electron chi connectivity index (χ3n) is 10.1. The van der Waals surface area contributed by atoms with Gasteiger partial charge in [0.1, 0.15) is 30.7 Å². The van der Waals surface area contributed by atoms with Crippen LogP contribution in [0.25, 0.3) is 10.8 Å². The number of carbonyl (C=O) groups is 1. The molecule has 3 aliphatic heterocycles. The van der Waals surface area contributed by atoms with Crippen molar-refractivity contribution in [2.24, 2.45) is 0 Å². The van der Waals surface area contributed by atoms with E-state index in [1.807, 2.05) is 11.9 Å². The van der Waals surface area contributed by atoms with Crippen LogP contribution in [0.15, 0.2) is 48.8 Å². The minimum atomic E-state index is -1.28. The zero-order valence-corrected chi connectivity index (χ0v) is 27.1. The summed E-state index contributed by atoms with van der Waals surface area (Å²) in [4.78, 5) is 29.1. The summed E-state index contributed by atoms with van der Waals surface area (Å²) in [5, 5.41) is 12.0. The number of likely N-dealkylation sites (tertiary alicyclic amines) is 1. The van der Waals surface area contributed by atoms with Gasteiger partial charge in [0.25, 0.3) is 0 Å². The van der Waals surface area contributed by atoms with E-state index in [9.17, 15) is 18.8 Å². The Morgan fingerprint density at radius 2 is 1.98 bits per heavy atom. The zero-order chi connectivity index (χ0) is 32.8. The molecule has 0 N–H and O–H groups in total. The van der Waals surface area contributed by atoms with Crippen LogP contribution < -0.4 is 14.5 Å². The number of nitrogens with zero attached hydrogens (tertiary/aromatic N) is 7. The Bertz CT molecular complexity index is 1720. The predicted molar refractivity (Wildman–Crippen MR) is 174 cm³/mol. The number of quaternary nitrogens is 1. The average Bonchev–Trinajstić information content (AvgIpc) is 3.30. The molecular weight excluding hydrogens is 588 g/mol. The molecule has 9 nitrogen and oxygen atoms in total. The maximum absolute atomic E-state index is 14.8. The van der Waals surface area contributed by atoms with Crippen LogP contribution in [-0.2, 0) is 17.8 Å². The minimum Gasteiger partial charge on any atom is -0.462 e. The van der Waals surface area contributed by atoms with E-state index >= 15 is 0 Å². The van der Waals surface area contributed by atoms with Gasteiger partial charge in [-0.25, -0.2) is 9.18 Å². The number of benzene rings is 2. The molecule has 2 aromatic carbocycles. The van der Waals surface area contributed by atoms with Gasteiger partial charge >= 0.3 is 11.9 Å². The number of ether oxygens (including phenoxy) is 1. The molecule has 1 amide bonds. The number of halogens is 2. The van der Waals surface area contributed by atoms with Crippen LogP contribution in [0.1, 0.15) is 36.6 Å². The summed E-state index contributed by atoms with van der Waals surface area (Å²) in [5.41, 5.74) is 2.92. The summed E-state index contributed by atoms with van der Waals surface area (Å²) >= 11 is 0. The monoisotopic (exact) mass is 630 g/mol. The molecule has 3 aromatic rings. The van der Waals surface area contributed by atoms with Gasteiger partial charge in [-0.1, -0.05) is 36.9 Å². The molecule has 2 saturated heterocycles. The number of nitriles is 1. The highest BCUT2D eigenvalue weighted by Gasteiger charge is 2.47. The average molecular weight is 631 g/mol. The lowest BCUT2D eigenvalue weighted by Crippen LogP contribution is -2.66. The molecule has 242 valence electrons. The van der Waals surface area contributed by atoms with Gasteiger partial charge in [0.05, 0.1) is 44.9 Å². The molecule has 3 aliphatic rings. The van der Waals surface area contributed by atoms with Gasteiger partial charge in [-0.2, -0.15) is 19.6 Å². The second kappa shape index (κ2) is 12.2. The largest absolute Gasteiger partial charge is 0.462 e. The summed E-state index contributed by atoms with van der Waals surface area (Å²) in [6, 6.07) is 14.5. The van der Waals surface area contributed by atoms with Crippen molar-refractivity contribution in [2.75, 3.05) is 63.2 Å². The van der Waals surface area contributed by atoms with Crippen molar-refractivity contribution in [3.63, 3.8) is 0 Å². The van der Waals surface area contributed by atoms with Crippen molar-refractivity contribution in [3.05, 3.63) is 65.6 Å². The molecule has 4 atom stereocenters. The predicted octanol–water partition coefficient (Wildman–Crippen LogP) is 4.87. The Morgan fingerprint density at radius 3 is 2.67 bits per heavy atom. The maximum Gasteiger partial charge on any atom is 0.373 e. The zero-order valence-electron chi connectivity index (χ0n) is 27.1. The van der Waals surface area contributed by atoms with E-state index in [4.69, 9.17) is 14.7 Å². The molecule has 6 rings (SSSR count). The maximum atomic E-state index is 14.8. The molecule has 2 fully saturated rings. The number of aryl methyl sites for hydroxylation is 1. The van der Waals surface area contributed by atoms with E-state index in [1.54, 1.807) is 14.0 Å². The van der Waals surface area contributed by atoms with Crippen LogP contribution in [0.5, 0.6) is 6.01 Å². The van der Waals surface area contributed by atoms with Crippen molar-refractivity contribution < 1.29 is 22.8 Å². The quantitative estimate of drug-likeness (QED) is 0.270. The SMILES string of the molecule is C=C(F)C(=O)[N+]1(C)CCN(c2nc(OC[C@H]3C[C@@](C)(F)CN3C)nc3c2CCN(c2cccc4cccc(C)c24)C3)C[C@@H]1CC#N. The van der Waals surface area contributed by atoms with E-state index in [1.165, 1.54) is 16.3 Å². The standard InChI is InChI=1S/C35H42F2N7O2/c1-23-8-6-9-25-10-7-11-30(31(23)25)42-15-13-28-29(20-42)39-34(46-21-26-18-35(3,37)22-41(26)4)40-32(28)43-16-17-44(5,33(45)24(2)36)27(19-43)12-14-38/h6-11,26-27H,2,12-13,15-22H2,1,3-5H3/q+1/t26-,27+,35-,44?/m1/s1. The molecule has 0 radical (unpaired) electrons.